The predicted octanol–water partition coefficient (Wildman–Crippen LogP) is 12.3. The fraction of sp³-hybridized carbons (Fsp3) is 0.418. The lowest BCUT2D eigenvalue weighted by molar-refractivity contribution is -0.671. The van der Waals surface area contributed by atoms with Crippen LogP contribution in [-0.4, -0.2) is 56.3 Å². The number of ether oxygens (including phenoxy) is 2. The molecule has 1 atom stereocenters. The molecule has 65 heavy (non-hydrogen) atoms. The van der Waals surface area contributed by atoms with Crippen molar-refractivity contribution in [1.82, 2.24) is 0 Å². The second-order valence-corrected chi connectivity index (χ2v) is 22.5. The first-order valence-electron chi connectivity index (χ1n) is 23.1. The first kappa shape index (κ1) is 48.0. The Morgan fingerprint density at radius 1 is 0.815 bits per heavy atom. The number of anilines is 1. The number of aryl methyl sites for hydroxylation is 1. The van der Waals surface area contributed by atoms with Crippen LogP contribution >= 0.6 is 11.8 Å². The number of nitrogens with zero attached hydrogens (tertiary/aromatic N) is 3. The van der Waals surface area contributed by atoms with Crippen molar-refractivity contribution in [3.8, 4) is 11.5 Å². The van der Waals surface area contributed by atoms with Crippen LogP contribution in [0, 0.1) is 5.41 Å². The largest absolute Gasteiger partial charge is 0.497 e. The zero-order valence-electron chi connectivity index (χ0n) is 40.4. The number of aromatic nitrogens is 1. The van der Waals surface area contributed by atoms with Crippen LogP contribution in [0.1, 0.15) is 121 Å². The minimum absolute atomic E-state index is 0.0866. The Labute approximate surface area is 393 Å². The third kappa shape index (κ3) is 9.96. The van der Waals surface area contributed by atoms with Crippen molar-refractivity contribution in [2.75, 3.05) is 38.0 Å². The van der Waals surface area contributed by atoms with Crippen LogP contribution in [0.15, 0.2) is 120 Å². The van der Waals surface area contributed by atoms with E-state index in [0.29, 0.717) is 19.4 Å². The van der Waals surface area contributed by atoms with Gasteiger partial charge in [-0.2, -0.15) is 13.0 Å². The quantitative estimate of drug-likeness (QED) is 0.0642. The van der Waals surface area contributed by atoms with Crippen LogP contribution in [0.25, 0.3) is 11.1 Å². The van der Waals surface area contributed by atoms with Crippen LogP contribution in [0.3, 0.4) is 0 Å². The van der Waals surface area contributed by atoms with Gasteiger partial charge in [0.05, 0.1) is 25.4 Å². The van der Waals surface area contributed by atoms with E-state index in [9.17, 15) is 13.0 Å². The Bertz CT molecular complexity index is 2700. The summed E-state index contributed by atoms with van der Waals surface area (Å²) >= 11 is 1.95. The SMILES string of the molecule is CCCCC[N+]1=C(/C=C/C2=C(SC(c3cc[n+](C)cc3)C(C)(C)C)C(=C/C=C3/N(CCCCS(=O)(=O)O)c4ccc(OC)cc4C3(C)C)/c3ccccc32)C(C)(C)c2cc(OC)ccc21. The molecule has 0 saturated carbocycles. The second-order valence-electron chi connectivity index (χ2n) is 19.8. The molecule has 3 aromatic carbocycles. The summed E-state index contributed by atoms with van der Waals surface area (Å²) in [5, 5.41) is 0.129. The molecule has 0 fully saturated rings. The number of pyridine rings is 1. The number of fused-ring (bicyclic) bond motifs is 3. The highest BCUT2D eigenvalue weighted by Gasteiger charge is 2.45. The molecule has 4 aromatic rings. The van der Waals surface area contributed by atoms with Crippen molar-refractivity contribution in [3.05, 3.63) is 148 Å². The van der Waals surface area contributed by atoms with Crippen molar-refractivity contribution in [1.29, 1.82) is 0 Å². The van der Waals surface area contributed by atoms with Gasteiger partial charge in [-0.25, -0.2) is 4.57 Å². The Kier molecular flexibility index (Phi) is 14.1. The van der Waals surface area contributed by atoms with Gasteiger partial charge in [0.15, 0.2) is 18.1 Å². The summed E-state index contributed by atoms with van der Waals surface area (Å²) in [6, 6.07) is 26.1. The predicted molar refractivity (Wildman–Crippen MR) is 270 cm³/mol. The molecule has 1 aromatic heterocycles. The van der Waals surface area contributed by atoms with Gasteiger partial charge in [0.1, 0.15) is 25.1 Å². The van der Waals surface area contributed by atoms with Gasteiger partial charge in [-0.05, 0) is 114 Å². The molecule has 344 valence electrons. The van der Waals surface area contributed by atoms with Crippen LogP contribution in [-0.2, 0) is 28.0 Å². The summed E-state index contributed by atoms with van der Waals surface area (Å²) in [6.07, 6.45) is 18.1. The minimum Gasteiger partial charge on any atom is -0.497 e. The molecule has 8 nitrogen and oxygen atoms in total. The molecule has 10 heteroatoms. The third-order valence-electron chi connectivity index (χ3n) is 13.4. The first-order valence-corrected chi connectivity index (χ1v) is 25.6. The number of benzene rings is 3. The van der Waals surface area contributed by atoms with Gasteiger partial charge in [-0.15, -0.1) is 11.8 Å². The lowest BCUT2D eigenvalue weighted by atomic mass is 9.81. The summed E-state index contributed by atoms with van der Waals surface area (Å²) in [4.78, 5) is 3.56. The van der Waals surface area contributed by atoms with E-state index in [-0.39, 0.29) is 27.2 Å². The lowest BCUT2D eigenvalue weighted by Crippen LogP contribution is -2.28. The summed E-state index contributed by atoms with van der Waals surface area (Å²) in [5.41, 5.74) is 12.5. The van der Waals surface area contributed by atoms with E-state index >= 15 is 0 Å². The van der Waals surface area contributed by atoms with E-state index in [4.69, 9.17) is 9.47 Å². The number of unbranched alkanes of at least 4 members (excludes halogenated alkanes) is 3. The molecule has 1 N–H and O–H groups in total. The summed E-state index contributed by atoms with van der Waals surface area (Å²) in [7, 11) is 1.45. The van der Waals surface area contributed by atoms with Crippen molar-refractivity contribution in [2.45, 2.75) is 104 Å². The second kappa shape index (κ2) is 19.1. The van der Waals surface area contributed by atoms with E-state index in [0.717, 1.165) is 47.8 Å². The molecule has 3 heterocycles. The normalized spacial score (nSPS) is 18.2. The summed E-state index contributed by atoms with van der Waals surface area (Å²) in [5.74, 6) is 1.41. The molecular formula is C55H69N3O5S2+2. The molecule has 1 aliphatic carbocycles. The fourth-order valence-corrected chi connectivity index (χ4v) is 11.9. The van der Waals surface area contributed by atoms with E-state index in [1.807, 2.05) is 17.8 Å². The molecular weight excluding hydrogens is 847 g/mol. The zero-order chi connectivity index (χ0) is 46.9. The maximum Gasteiger partial charge on any atom is 0.264 e. The molecule has 0 bridgehead atoms. The molecule has 1 unspecified atom stereocenters. The first-order chi connectivity index (χ1) is 30.8. The van der Waals surface area contributed by atoms with Gasteiger partial charge in [-0.3, -0.25) is 4.55 Å². The van der Waals surface area contributed by atoms with Gasteiger partial charge >= 0.3 is 0 Å². The number of hydrogen-bond acceptors (Lipinski definition) is 6. The number of allylic oxidation sites excluding steroid dienone is 7. The summed E-state index contributed by atoms with van der Waals surface area (Å²) in [6.45, 7) is 20.0. The van der Waals surface area contributed by atoms with Crippen LogP contribution in [0.5, 0.6) is 11.5 Å². The Hall–Kier alpha value is -4.90. The standard InChI is InChI=1S/C55H68N3O5S2/c1-12-13-16-31-57-47-25-21-39(62-10)36-45(47)54(5,6)49(57)27-23-43-41-19-14-15-20-42(41)44(51(43)64-52(53(2,3)4)38-29-33-56(9)34-30-38)24-28-50-55(7,8)46-37-40(63-11)22-26-48(46)58(50)32-17-18-35-65(59,60)61/h14-15,19-30,33-34,36-37,52H,12-13,16-18,31-32,35H2,1-11H3/q+1/p+1. The maximum absolute atomic E-state index is 11.7. The van der Waals surface area contributed by atoms with Crippen molar-refractivity contribution in [2.24, 2.45) is 12.5 Å². The van der Waals surface area contributed by atoms with Gasteiger partial charge in [0.2, 0.25) is 5.69 Å². The minimum atomic E-state index is -4.05. The van der Waals surface area contributed by atoms with Crippen LogP contribution in [0.2, 0.25) is 0 Å². The third-order valence-corrected chi connectivity index (χ3v) is 16.1. The maximum atomic E-state index is 11.7. The van der Waals surface area contributed by atoms with Gasteiger partial charge in [0, 0.05) is 69.8 Å². The highest BCUT2D eigenvalue weighted by molar-refractivity contribution is 8.04. The number of rotatable bonds is 17. The van der Waals surface area contributed by atoms with Crippen molar-refractivity contribution in [3.63, 3.8) is 0 Å². The smallest absolute Gasteiger partial charge is 0.264 e. The Morgan fingerprint density at radius 2 is 1.48 bits per heavy atom. The highest BCUT2D eigenvalue weighted by atomic mass is 32.2. The topological polar surface area (TPSA) is 83.0 Å². The van der Waals surface area contributed by atoms with E-state index in [1.54, 1.807) is 14.2 Å². The molecule has 2 aliphatic heterocycles. The average molecular weight is 916 g/mol. The number of hydrogen-bond donors (Lipinski definition) is 1. The molecule has 0 saturated heterocycles. The van der Waals surface area contributed by atoms with Crippen molar-refractivity contribution < 1.29 is 31.6 Å². The van der Waals surface area contributed by atoms with E-state index in [1.165, 1.54) is 56.1 Å². The molecule has 0 radical (unpaired) electrons. The van der Waals surface area contributed by atoms with Gasteiger partial charge < -0.3 is 14.4 Å². The van der Waals surface area contributed by atoms with Crippen molar-refractivity contribution >= 4 is 50.1 Å². The molecule has 7 rings (SSSR count). The Morgan fingerprint density at radius 3 is 2.12 bits per heavy atom. The van der Waals surface area contributed by atoms with Crippen LogP contribution < -0.4 is 18.9 Å². The number of thioether (sulfide) groups is 1. The molecule has 0 amide bonds. The molecule has 3 aliphatic rings. The average Bonchev–Trinajstić information content (AvgIpc) is 3.76. The van der Waals surface area contributed by atoms with E-state index in [2.05, 4.69) is 180 Å². The Balaban J connectivity index is 1.42. The highest BCUT2D eigenvalue weighted by Crippen LogP contribution is 2.56. The van der Waals surface area contributed by atoms with Crippen LogP contribution in [0.4, 0.5) is 11.4 Å². The number of methoxy groups -OCH3 is 2. The van der Waals surface area contributed by atoms with E-state index < -0.39 is 10.1 Å². The molecule has 0 spiro atoms. The van der Waals surface area contributed by atoms with Gasteiger partial charge in [0.25, 0.3) is 10.1 Å². The summed E-state index contributed by atoms with van der Waals surface area (Å²) < 4.78 is 49.0. The zero-order valence-corrected chi connectivity index (χ0v) is 42.0. The fourth-order valence-electron chi connectivity index (χ4n) is 9.79. The lowest BCUT2D eigenvalue weighted by Gasteiger charge is -2.31. The monoisotopic (exact) mass is 915 g/mol. The van der Waals surface area contributed by atoms with Gasteiger partial charge in [-0.1, -0.05) is 78.3 Å².